The first-order chi connectivity index (χ1) is 25.6. The van der Waals surface area contributed by atoms with E-state index >= 15 is 0 Å². The van der Waals surface area contributed by atoms with Gasteiger partial charge in [0.25, 0.3) is 0 Å². The lowest BCUT2D eigenvalue weighted by Crippen LogP contribution is -2.01. The Morgan fingerprint density at radius 3 is 1.29 bits per heavy atom. The fourth-order valence-electron chi connectivity index (χ4n) is 8.05. The maximum Gasteiger partial charge on any atom is 0.113 e. The third kappa shape index (κ3) is 5.06. The molecule has 7 aromatic carbocycles. The molecule has 0 bridgehead atoms. The molecule has 1 aliphatic carbocycles. The average molecular weight is 658 g/mol. The molecule has 2 heterocycles. The first-order valence-electron chi connectivity index (χ1n) is 17.9. The highest BCUT2D eigenvalue weighted by Crippen LogP contribution is 2.37. The zero-order valence-corrected chi connectivity index (χ0v) is 28.6. The molecule has 240 valence electrons. The quantitative estimate of drug-likeness (QED) is 0.163. The number of hydrogen-bond donors (Lipinski definition) is 0. The lowest BCUT2D eigenvalue weighted by atomic mass is 9.93. The fourth-order valence-corrected chi connectivity index (χ4v) is 8.05. The van der Waals surface area contributed by atoms with E-state index in [0.29, 0.717) is 0 Å². The smallest absolute Gasteiger partial charge is 0.113 e. The van der Waals surface area contributed by atoms with Crippen LogP contribution in [0.1, 0.15) is 12.8 Å². The first-order valence-corrected chi connectivity index (χ1v) is 17.9. The summed E-state index contributed by atoms with van der Waals surface area (Å²) < 4.78 is 4.69. The van der Waals surface area contributed by atoms with Crippen LogP contribution in [0.4, 0.5) is 0 Å². The van der Waals surface area contributed by atoms with E-state index in [1.165, 1.54) is 71.8 Å². The molecule has 4 heteroatoms. The van der Waals surface area contributed by atoms with Crippen molar-refractivity contribution in [2.24, 2.45) is 0 Å². The Morgan fingerprint density at radius 2 is 0.808 bits per heavy atom. The SMILES string of the molecule is [B]c1ccc2c(c1)c1cc(-c3ccc(-c4ccc(-c5ccc6c(c5)c5cc([B])ccc5n6-c5ccccc5)cc4)cc3)ccc1n2C1=CCCC=C1. The Kier molecular flexibility index (Phi) is 7.18. The van der Waals surface area contributed by atoms with Gasteiger partial charge >= 0.3 is 0 Å². The molecular weight excluding hydrogens is 626 g/mol. The summed E-state index contributed by atoms with van der Waals surface area (Å²) in [5.74, 6) is 0. The summed E-state index contributed by atoms with van der Waals surface area (Å²) in [4.78, 5) is 0. The van der Waals surface area contributed by atoms with E-state index in [0.717, 1.165) is 40.4 Å². The number of rotatable bonds is 5. The van der Waals surface area contributed by atoms with Crippen molar-refractivity contribution in [2.75, 3.05) is 0 Å². The molecule has 0 atom stereocenters. The van der Waals surface area contributed by atoms with Crippen molar-refractivity contribution in [3.63, 3.8) is 0 Å². The van der Waals surface area contributed by atoms with Crippen LogP contribution in [0.5, 0.6) is 0 Å². The molecule has 52 heavy (non-hydrogen) atoms. The second-order valence-corrected chi connectivity index (χ2v) is 13.8. The van der Waals surface area contributed by atoms with E-state index in [2.05, 4.69) is 167 Å². The van der Waals surface area contributed by atoms with Crippen LogP contribution in [-0.4, -0.2) is 24.8 Å². The second-order valence-electron chi connectivity index (χ2n) is 13.8. The van der Waals surface area contributed by atoms with Gasteiger partial charge in [-0.2, -0.15) is 0 Å². The Hall–Kier alpha value is -6.25. The Bertz CT molecular complexity index is 2890. The standard InChI is InChI=1S/C48H32B2N2/c49-37-21-25-47-43(29-37)41-27-35(19-23-45(41)51(47)39-7-3-1-4-8-39)33-15-11-31(12-16-33)32-13-17-34(18-14-32)36-20-24-46-42(28-36)44-30-38(50)22-26-48(44)52(46)40-9-5-2-6-10-40/h1,3-5,7-30H,2,6H2. The number of para-hydroxylation sites is 1. The molecule has 0 amide bonds. The highest BCUT2D eigenvalue weighted by Gasteiger charge is 2.16. The summed E-state index contributed by atoms with van der Waals surface area (Å²) in [6.07, 6.45) is 8.97. The summed E-state index contributed by atoms with van der Waals surface area (Å²) in [5.41, 5.74) is 15.7. The molecule has 2 nitrogen and oxygen atoms in total. The second kappa shape index (κ2) is 12.2. The Balaban J connectivity index is 0.970. The molecule has 0 N–H and O–H groups in total. The minimum atomic E-state index is 0.768. The molecule has 0 fully saturated rings. The molecule has 0 unspecified atom stereocenters. The molecule has 9 aromatic rings. The lowest BCUT2D eigenvalue weighted by Gasteiger charge is -2.12. The predicted molar refractivity (Wildman–Crippen MR) is 224 cm³/mol. The van der Waals surface area contributed by atoms with Gasteiger partial charge in [-0.1, -0.05) is 126 Å². The third-order valence-corrected chi connectivity index (χ3v) is 10.6. The summed E-state index contributed by atoms with van der Waals surface area (Å²) in [7, 11) is 12.6. The minimum Gasteiger partial charge on any atom is -0.310 e. The van der Waals surface area contributed by atoms with Crippen molar-refractivity contribution in [3.8, 4) is 39.1 Å². The normalized spacial score (nSPS) is 13.0. The van der Waals surface area contributed by atoms with Crippen LogP contribution in [0.3, 0.4) is 0 Å². The molecule has 10 rings (SSSR count). The van der Waals surface area contributed by atoms with Gasteiger partial charge < -0.3 is 9.13 Å². The van der Waals surface area contributed by atoms with E-state index < -0.39 is 0 Å². The van der Waals surface area contributed by atoms with Crippen LogP contribution in [-0.2, 0) is 0 Å². The molecule has 1 aliphatic rings. The van der Waals surface area contributed by atoms with Gasteiger partial charge in [0.2, 0.25) is 0 Å². The largest absolute Gasteiger partial charge is 0.310 e. The van der Waals surface area contributed by atoms with Crippen LogP contribution in [0.15, 0.2) is 170 Å². The lowest BCUT2D eigenvalue weighted by molar-refractivity contribution is 1.02. The van der Waals surface area contributed by atoms with E-state index in [4.69, 9.17) is 15.7 Å². The van der Waals surface area contributed by atoms with Crippen LogP contribution < -0.4 is 10.9 Å². The van der Waals surface area contributed by atoms with Gasteiger partial charge in [0.15, 0.2) is 0 Å². The first kappa shape index (κ1) is 30.6. The predicted octanol–water partition coefficient (Wildman–Crippen LogP) is 10.7. The van der Waals surface area contributed by atoms with Crippen LogP contribution in [0.2, 0.25) is 0 Å². The summed E-state index contributed by atoms with van der Waals surface area (Å²) in [6, 6.07) is 54.3. The van der Waals surface area contributed by atoms with Gasteiger partial charge in [0, 0.05) is 32.9 Å². The molecule has 0 saturated heterocycles. The zero-order chi connectivity index (χ0) is 34.8. The van der Waals surface area contributed by atoms with Crippen LogP contribution in [0.25, 0.3) is 88.4 Å². The van der Waals surface area contributed by atoms with Gasteiger partial charge in [0.1, 0.15) is 15.7 Å². The van der Waals surface area contributed by atoms with Gasteiger partial charge in [-0.25, -0.2) is 0 Å². The van der Waals surface area contributed by atoms with E-state index in [1.807, 2.05) is 12.1 Å². The van der Waals surface area contributed by atoms with Crippen molar-refractivity contribution in [3.05, 3.63) is 170 Å². The number of benzene rings is 7. The maximum absolute atomic E-state index is 6.29. The van der Waals surface area contributed by atoms with Crippen molar-refractivity contribution >= 4 is 75.9 Å². The van der Waals surface area contributed by atoms with Gasteiger partial charge in [-0.15, -0.1) is 0 Å². The average Bonchev–Trinajstić information content (AvgIpc) is 3.70. The van der Waals surface area contributed by atoms with E-state index in [1.54, 1.807) is 0 Å². The van der Waals surface area contributed by atoms with Crippen molar-refractivity contribution in [1.29, 1.82) is 0 Å². The van der Waals surface area contributed by atoms with E-state index in [9.17, 15) is 0 Å². The number of fused-ring (bicyclic) bond motifs is 6. The van der Waals surface area contributed by atoms with Gasteiger partial charge in [-0.05, 0) is 101 Å². The number of hydrogen-bond acceptors (Lipinski definition) is 0. The zero-order valence-electron chi connectivity index (χ0n) is 28.6. The molecule has 0 aliphatic heterocycles. The molecule has 2 aromatic heterocycles. The van der Waals surface area contributed by atoms with Gasteiger partial charge in [-0.3, -0.25) is 0 Å². The summed E-state index contributed by atoms with van der Waals surface area (Å²) in [6.45, 7) is 0. The van der Waals surface area contributed by atoms with Crippen molar-refractivity contribution in [1.82, 2.24) is 9.13 Å². The monoisotopic (exact) mass is 658 g/mol. The minimum absolute atomic E-state index is 0.768. The van der Waals surface area contributed by atoms with Crippen LogP contribution >= 0.6 is 0 Å². The topological polar surface area (TPSA) is 9.86 Å². The van der Waals surface area contributed by atoms with Gasteiger partial charge in [0.05, 0.1) is 22.1 Å². The Labute approximate surface area is 305 Å². The molecule has 0 saturated carbocycles. The van der Waals surface area contributed by atoms with E-state index in [-0.39, 0.29) is 0 Å². The highest BCUT2D eigenvalue weighted by atomic mass is 15.0. The summed E-state index contributed by atoms with van der Waals surface area (Å²) >= 11 is 0. The number of allylic oxidation sites excluding steroid dienone is 4. The van der Waals surface area contributed by atoms with Crippen molar-refractivity contribution < 1.29 is 0 Å². The summed E-state index contributed by atoms with van der Waals surface area (Å²) in [5, 5.41) is 4.74. The third-order valence-electron chi connectivity index (χ3n) is 10.6. The fraction of sp³-hybridized carbons (Fsp3) is 0.0417. The number of aromatic nitrogens is 2. The molecule has 0 spiro atoms. The van der Waals surface area contributed by atoms with Crippen LogP contribution in [0, 0.1) is 0 Å². The molecule has 4 radical (unpaired) electrons. The maximum atomic E-state index is 6.29. The number of nitrogens with zero attached hydrogens (tertiary/aromatic N) is 2. The van der Waals surface area contributed by atoms with Crippen molar-refractivity contribution in [2.45, 2.75) is 12.8 Å². The highest BCUT2D eigenvalue weighted by molar-refractivity contribution is 6.34. The Morgan fingerprint density at radius 1 is 0.385 bits per heavy atom. The molecular formula is C48H32B2N2.